The van der Waals surface area contributed by atoms with Gasteiger partial charge in [0.15, 0.2) is 10.9 Å². The molecule has 0 saturated heterocycles. The molecule has 0 bridgehead atoms. The summed E-state index contributed by atoms with van der Waals surface area (Å²) in [6.45, 7) is 6.03. The molecule has 6 nitrogen and oxygen atoms in total. The first-order valence-electron chi connectivity index (χ1n) is 8.80. The molecule has 9 heteroatoms. The molecule has 0 radical (unpaired) electrons. The van der Waals surface area contributed by atoms with Crippen LogP contribution >= 0.6 is 12.2 Å². The third-order valence-corrected chi connectivity index (χ3v) is 4.77. The summed E-state index contributed by atoms with van der Waals surface area (Å²) in [4.78, 5) is 14.8. The van der Waals surface area contributed by atoms with E-state index < -0.39 is 23.6 Å². The number of carbonyl (C=O) groups is 1. The van der Waals surface area contributed by atoms with Crippen LogP contribution in [-0.4, -0.2) is 27.6 Å². The first kappa shape index (κ1) is 19.9. The Hall–Kier alpha value is -2.81. The summed E-state index contributed by atoms with van der Waals surface area (Å²) in [6.07, 6.45) is 0.798. The Morgan fingerprint density at radius 1 is 1.36 bits per heavy atom. The van der Waals surface area contributed by atoms with Crippen molar-refractivity contribution in [3.8, 4) is 0 Å². The molecule has 0 fully saturated rings. The third kappa shape index (κ3) is 3.89. The molecule has 2 N–H and O–H groups in total. The second kappa shape index (κ2) is 8.05. The number of allylic oxidation sites excluding steroid dienone is 1. The van der Waals surface area contributed by atoms with Gasteiger partial charge in [0.05, 0.1) is 11.6 Å². The van der Waals surface area contributed by atoms with Crippen LogP contribution < -0.4 is 10.6 Å². The molecule has 148 valence electrons. The number of amides is 1. The van der Waals surface area contributed by atoms with E-state index in [9.17, 15) is 13.6 Å². The highest BCUT2D eigenvalue weighted by molar-refractivity contribution is 7.80. The van der Waals surface area contributed by atoms with Crippen molar-refractivity contribution in [1.82, 2.24) is 15.4 Å². The van der Waals surface area contributed by atoms with Crippen LogP contribution in [0.3, 0.4) is 0 Å². The van der Waals surface area contributed by atoms with Gasteiger partial charge in [0.1, 0.15) is 17.4 Å². The molecule has 1 aromatic carbocycles. The third-order valence-electron chi connectivity index (χ3n) is 4.43. The number of carbonyl (C=O) groups excluding carboxylic acids is 1. The van der Waals surface area contributed by atoms with Crippen molar-refractivity contribution in [2.45, 2.75) is 33.2 Å². The second-order valence-electron chi connectivity index (χ2n) is 6.48. The Morgan fingerprint density at radius 2 is 2.11 bits per heavy atom. The average molecular weight is 406 g/mol. The number of aromatic nitrogens is 1. The van der Waals surface area contributed by atoms with Crippen LogP contribution in [0, 0.1) is 18.6 Å². The first-order chi connectivity index (χ1) is 13.3. The van der Waals surface area contributed by atoms with E-state index >= 15 is 0 Å². The molecule has 1 aliphatic heterocycles. The zero-order valence-corrected chi connectivity index (χ0v) is 16.5. The smallest absolute Gasteiger partial charge is 0.257 e. The fourth-order valence-electron chi connectivity index (χ4n) is 3.15. The summed E-state index contributed by atoms with van der Waals surface area (Å²) in [5.74, 6) is -1.15. The van der Waals surface area contributed by atoms with Crippen LogP contribution in [0.5, 0.6) is 0 Å². The normalized spacial score (nSPS) is 17.0. The number of benzene rings is 1. The number of hydrogen-bond acceptors (Lipinski definition) is 4. The van der Waals surface area contributed by atoms with Crippen molar-refractivity contribution < 1.29 is 18.1 Å². The molecule has 1 amide bonds. The number of anilines is 1. The van der Waals surface area contributed by atoms with Crippen LogP contribution in [-0.2, 0) is 4.79 Å². The molecule has 3 rings (SSSR count). The van der Waals surface area contributed by atoms with Gasteiger partial charge in [-0.25, -0.2) is 8.78 Å². The summed E-state index contributed by atoms with van der Waals surface area (Å²) >= 11 is 5.41. The van der Waals surface area contributed by atoms with E-state index in [0.29, 0.717) is 23.1 Å². The summed E-state index contributed by atoms with van der Waals surface area (Å²) in [7, 11) is 0. The van der Waals surface area contributed by atoms with Gasteiger partial charge in [-0.05, 0) is 38.6 Å². The number of nitrogens with one attached hydrogen (secondary N) is 2. The highest BCUT2D eigenvalue weighted by atomic mass is 32.1. The number of hydrogen-bond donors (Lipinski definition) is 2. The lowest BCUT2D eigenvalue weighted by molar-refractivity contribution is -0.113. The fourth-order valence-corrected chi connectivity index (χ4v) is 3.49. The molecule has 1 aliphatic rings. The monoisotopic (exact) mass is 406 g/mol. The molecule has 0 saturated carbocycles. The predicted octanol–water partition coefficient (Wildman–Crippen LogP) is 3.82. The molecule has 2 heterocycles. The largest absolute Gasteiger partial charge is 0.360 e. The average Bonchev–Trinajstić information content (AvgIpc) is 3.02. The molecular formula is C19H20F2N4O2S. The van der Waals surface area contributed by atoms with Crippen molar-refractivity contribution in [2.75, 3.05) is 11.9 Å². The summed E-state index contributed by atoms with van der Waals surface area (Å²) in [6, 6.07) is 3.94. The van der Waals surface area contributed by atoms with Gasteiger partial charge in [0.2, 0.25) is 0 Å². The van der Waals surface area contributed by atoms with Gasteiger partial charge >= 0.3 is 0 Å². The Bertz CT molecular complexity index is 957. The van der Waals surface area contributed by atoms with Gasteiger partial charge in [-0.15, -0.1) is 0 Å². The lowest BCUT2D eigenvalue weighted by Gasteiger charge is -2.37. The molecule has 0 aliphatic carbocycles. The zero-order valence-electron chi connectivity index (χ0n) is 15.7. The minimum atomic E-state index is -0.866. The Morgan fingerprint density at radius 3 is 2.71 bits per heavy atom. The van der Waals surface area contributed by atoms with Crippen molar-refractivity contribution >= 4 is 29.1 Å². The number of rotatable bonds is 5. The van der Waals surface area contributed by atoms with Crippen molar-refractivity contribution in [2.24, 2.45) is 0 Å². The van der Waals surface area contributed by atoms with E-state index in [1.54, 1.807) is 24.8 Å². The maximum Gasteiger partial charge on any atom is 0.257 e. The maximum atomic E-state index is 14.5. The van der Waals surface area contributed by atoms with Gasteiger partial charge in [-0.2, -0.15) is 0 Å². The number of thiocarbonyl (C=S) groups is 1. The standard InChI is InChI=1S/C19H20F2N4O2S/c1-4-7-25-11(3)16(18(26)22-15-8-10(2)27-24-15)17(23-19(25)28)13-6-5-12(20)9-14(13)21/h5-6,8-9,17H,4,7H2,1-3H3,(H,23,28)(H,22,24,26)/t17-/m1/s1. The Balaban J connectivity index is 2.06. The van der Waals surface area contributed by atoms with Crippen molar-refractivity contribution in [3.63, 3.8) is 0 Å². The number of halogens is 2. The highest BCUT2D eigenvalue weighted by Crippen LogP contribution is 2.33. The summed E-state index contributed by atoms with van der Waals surface area (Å²) < 4.78 is 32.8. The lowest BCUT2D eigenvalue weighted by Crippen LogP contribution is -2.48. The maximum absolute atomic E-state index is 14.5. The minimum absolute atomic E-state index is 0.126. The van der Waals surface area contributed by atoms with E-state index in [0.717, 1.165) is 18.6 Å². The van der Waals surface area contributed by atoms with Crippen LogP contribution in [0.2, 0.25) is 0 Å². The first-order valence-corrected chi connectivity index (χ1v) is 9.21. The van der Waals surface area contributed by atoms with Crippen molar-refractivity contribution in [3.05, 3.63) is 58.5 Å². The van der Waals surface area contributed by atoms with Crippen LogP contribution in [0.1, 0.15) is 37.6 Å². The molecule has 28 heavy (non-hydrogen) atoms. The van der Waals surface area contributed by atoms with Gasteiger partial charge in [0, 0.05) is 29.9 Å². The zero-order chi connectivity index (χ0) is 20.4. The van der Waals surface area contributed by atoms with E-state index in [1.165, 1.54) is 6.07 Å². The molecule has 1 aromatic heterocycles. The van der Waals surface area contributed by atoms with E-state index in [-0.39, 0.29) is 17.0 Å². The number of aryl methyl sites for hydroxylation is 1. The SMILES string of the molecule is CCCN1C(=S)N[C@H](c2ccc(F)cc2F)C(C(=O)Nc2cc(C)on2)=C1C. The summed E-state index contributed by atoms with van der Waals surface area (Å²) in [5, 5.41) is 9.81. The van der Waals surface area contributed by atoms with Crippen LogP contribution in [0.15, 0.2) is 40.1 Å². The van der Waals surface area contributed by atoms with E-state index in [4.69, 9.17) is 16.7 Å². The highest BCUT2D eigenvalue weighted by Gasteiger charge is 2.35. The quantitative estimate of drug-likeness (QED) is 0.736. The molecule has 0 unspecified atom stereocenters. The van der Waals surface area contributed by atoms with Crippen LogP contribution in [0.4, 0.5) is 14.6 Å². The molecule has 1 atom stereocenters. The second-order valence-corrected chi connectivity index (χ2v) is 6.86. The van der Waals surface area contributed by atoms with E-state index in [1.807, 2.05) is 6.92 Å². The predicted molar refractivity (Wildman–Crippen MR) is 104 cm³/mol. The topological polar surface area (TPSA) is 70.4 Å². The Labute approximate surface area is 166 Å². The van der Waals surface area contributed by atoms with Gasteiger partial charge < -0.3 is 20.1 Å². The fraction of sp³-hybridized carbons (Fsp3) is 0.316. The molecular weight excluding hydrogens is 386 g/mol. The number of nitrogens with zero attached hydrogens (tertiary/aromatic N) is 2. The molecule has 0 spiro atoms. The molecule has 2 aromatic rings. The van der Waals surface area contributed by atoms with Crippen LogP contribution in [0.25, 0.3) is 0 Å². The summed E-state index contributed by atoms with van der Waals surface area (Å²) in [5.41, 5.74) is 0.992. The minimum Gasteiger partial charge on any atom is -0.360 e. The van der Waals surface area contributed by atoms with Gasteiger partial charge in [0.25, 0.3) is 5.91 Å². The van der Waals surface area contributed by atoms with Crippen molar-refractivity contribution in [1.29, 1.82) is 0 Å². The van der Waals surface area contributed by atoms with E-state index in [2.05, 4.69) is 15.8 Å². The Kier molecular flexibility index (Phi) is 5.73. The van der Waals surface area contributed by atoms with Gasteiger partial charge in [-0.3, -0.25) is 4.79 Å². The van der Waals surface area contributed by atoms with Gasteiger partial charge in [-0.1, -0.05) is 18.1 Å². The lowest BCUT2D eigenvalue weighted by atomic mass is 9.93.